The van der Waals surface area contributed by atoms with E-state index in [-0.39, 0.29) is 17.2 Å². The highest BCUT2D eigenvalue weighted by atomic mass is 35.5. The van der Waals surface area contributed by atoms with E-state index in [4.69, 9.17) is 16.3 Å². The molecule has 0 N–H and O–H groups in total. The van der Waals surface area contributed by atoms with Gasteiger partial charge in [-0.25, -0.2) is 4.79 Å². The zero-order valence-corrected chi connectivity index (χ0v) is 11.4. The molecule has 0 saturated heterocycles. The highest BCUT2D eigenvalue weighted by Gasteiger charge is 2.25. The first-order valence-corrected chi connectivity index (χ1v) is 6.64. The number of ether oxygens (including phenoxy) is 2. The molecule has 102 valence electrons. The number of esters is 1. The van der Waals surface area contributed by atoms with Crippen molar-refractivity contribution < 1.29 is 19.1 Å². The van der Waals surface area contributed by atoms with Gasteiger partial charge in [-0.05, 0) is 37.8 Å². The van der Waals surface area contributed by atoms with Gasteiger partial charge in [0.25, 0.3) is 5.78 Å². The molecule has 1 fully saturated rings. The lowest BCUT2D eigenvalue weighted by Crippen LogP contribution is -2.18. The fraction of sp³-hybridized carbons (Fsp3) is 0.429. The Morgan fingerprint density at radius 3 is 2.74 bits per heavy atom. The van der Waals surface area contributed by atoms with Crippen LogP contribution in [0.25, 0.3) is 0 Å². The van der Waals surface area contributed by atoms with Crippen molar-refractivity contribution >= 4 is 23.4 Å². The fourth-order valence-corrected chi connectivity index (χ4v) is 1.86. The second-order valence-electron chi connectivity index (χ2n) is 4.42. The molecule has 1 aromatic carbocycles. The highest BCUT2D eigenvalue weighted by Crippen LogP contribution is 2.33. The zero-order valence-electron chi connectivity index (χ0n) is 10.6. The van der Waals surface area contributed by atoms with Crippen molar-refractivity contribution in [3.05, 3.63) is 28.8 Å². The molecule has 1 aliphatic carbocycles. The normalized spacial score (nSPS) is 14.0. The smallest absolute Gasteiger partial charge is 0.379 e. The van der Waals surface area contributed by atoms with Gasteiger partial charge in [0.15, 0.2) is 0 Å². The Labute approximate surface area is 116 Å². The molecule has 0 aliphatic heterocycles. The second-order valence-corrected chi connectivity index (χ2v) is 4.80. The summed E-state index contributed by atoms with van der Waals surface area (Å²) < 4.78 is 10.2. The molecule has 0 bridgehead atoms. The predicted octanol–water partition coefficient (Wildman–Crippen LogP) is 2.87. The maximum Gasteiger partial charge on any atom is 0.379 e. The van der Waals surface area contributed by atoms with Gasteiger partial charge in [0.05, 0.1) is 23.8 Å². The van der Waals surface area contributed by atoms with E-state index in [1.165, 1.54) is 18.9 Å². The Bertz CT molecular complexity index is 494. The first-order valence-electron chi connectivity index (χ1n) is 6.26. The van der Waals surface area contributed by atoms with E-state index in [9.17, 15) is 9.59 Å². The van der Waals surface area contributed by atoms with Gasteiger partial charge in [-0.15, -0.1) is 0 Å². The van der Waals surface area contributed by atoms with Gasteiger partial charge in [-0.3, -0.25) is 4.79 Å². The Kier molecular flexibility index (Phi) is 4.43. The van der Waals surface area contributed by atoms with Gasteiger partial charge in [-0.2, -0.15) is 0 Å². The summed E-state index contributed by atoms with van der Waals surface area (Å²) in [6.07, 6.45) is 2.33. The largest absolute Gasteiger partial charge is 0.492 e. The van der Waals surface area contributed by atoms with Crippen molar-refractivity contribution in [2.24, 2.45) is 5.92 Å². The number of benzene rings is 1. The predicted molar refractivity (Wildman–Crippen MR) is 70.6 cm³/mol. The molecule has 0 heterocycles. The molecule has 0 aromatic heterocycles. The van der Waals surface area contributed by atoms with Crippen molar-refractivity contribution in [1.29, 1.82) is 0 Å². The molecule has 0 atom stereocenters. The van der Waals surface area contributed by atoms with E-state index in [2.05, 4.69) is 4.74 Å². The molecule has 1 aliphatic rings. The van der Waals surface area contributed by atoms with E-state index in [0.717, 1.165) is 0 Å². The van der Waals surface area contributed by atoms with E-state index < -0.39 is 11.8 Å². The molecule has 5 heteroatoms. The van der Waals surface area contributed by atoms with Crippen molar-refractivity contribution in [2.75, 3.05) is 13.2 Å². The van der Waals surface area contributed by atoms with Crippen LogP contribution in [0.1, 0.15) is 30.1 Å². The lowest BCUT2D eigenvalue weighted by atomic mass is 10.1. The monoisotopic (exact) mass is 282 g/mol. The average Bonchev–Trinajstić information content (AvgIpc) is 3.21. The first kappa shape index (κ1) is 13.9. The van der Waals surface area contributed by atoms with Crippen molar-refractivity contribution in [2.45, 2.75) is 19.8 Å². The second kappa shape index (κ2) is 6.06. The van der Waals surface area contributed by atoms with Gasteiger partial charge >= 0.3 is 5.97 Å². The van der Waals surface area contributed by atoms with Crippen LogP contribution >= 0.6 is 11.6 Å². The number of halogens is 1. The molecule has 0 amide bonds. The SMILES string of the molecule is CCOC(=O)C(=O)c1cccc(OCC2CC2)c1Cl. The Morgan fingerprint density at radius 1 is 1.37 bits per heavy atom. The Balaban J connectivity index is 2.13. The van der Waals surface area contributed by atoms with Crippen LogP contribution in [0.4, 0.5) is 0 Å². The Hall–Kier alpha value is -1.55. The summed E-state index contributed by atoms with van der Waals surface area (Å²) in [5, 5.41) is 0.168. The lowest BCUT2D eigenvalue weighted by Gasteiger charge is -2.10. The van der Waals surface area contributed by atoms with Gasteiger partial charge in [0, 0.05) is 0 Å². The maximum absolute atomic E-state index is 11.8. The van der Waals surface area contributed by atoms with Crippen LogP contribution in [-0.2, 0) is 9.53 Å². The summed E-state index contributed by atoms with van der Waals surface area (Å²) in [6, 6.07) is 4.82. The van der Waals surface area contributed by atoms with Gasteiger partial charge < -0.3 is 9.47 Å². The quantitative estimate of drug-likeness (QED) is 0.457. The molecule has 0 radical (unpaired) electrons. The van der Waals surface area contributed by atoms with Crippen LogP contribution in [0.2, 0.25) is 5.02 Å². The number of hydrogen-bond donors (Lipinski definition) is 0. The highest BCUT2D eigenvalue weighted by molar-refractivity contribution is 6.46. The van der Waals surface area contributed by atoms with Gasteiger partial charge in [0.1, 0.15) is 5.75 Å². The maximum atomic E-state index is 11.8. The third-order valence-electron chi connectivity index (χ3n) is 2.84. The van der Waals surface area contributed by atoms with E-state index in [1.54, 1.807) is 19.1 Å². The molecule has 19 heavy (non-hydrogen) atoms. The molecule has 4 nitrogen and oxygen atoms in total. The summed E-state index contributed by atoms with van der Waals surface area (Å²) in [5.41, 5.74) is 0.119. The molecule has 1 saturated carbocycles. The van der Waals surface area contributed by atoms with Crippen LogP contribution in [0.15, 0.2) is 18.2 Å². The molecule has 0 unspecified atom stereocenters. The van der Waals surface area contributed by atoms with E-state index in [0.29, 0.717) is 18.3 Å². The van der Waals surface area contributed by atoms with Crippen LogP contribution in [0.5, 0.6) is 5.75 Å². The summed E-state index contributed by atoms with van der Waals surface area (Å²) in [4.78, 5) is 23.3. The minimum Gasteiger partial charge on any atom is -0.492 e. The van der Waals surface area contributed by atoms with Crippen LogP contribution in [0, 0.1) is 5.92 Å². The molecule has 1 aromatic rings. The summed E-state index contributed by atoms with van der Waals surface area (Å²) in [7, 11) is 0. The third kappa shape index (κ3) is 3.47. The third-order valence-corrected chi connectivity index (χ3v) is 3.23. The number of carbonyl (C=O) groups is 2. The number of carbonyl (C=O) groups excluding carboxylic acids is 2. The zero-order chi connectivity index (χ0) is 13.8. The minimum absolute atomic E-state index is 0.119. The number of rotatable bonds is 6. The van der Waals surface area contributed by atoms with Crippen molar-refractivity contribution in [1.82, 2.24) is 0 Å². The van der Waals surface area contributed by atoms with Crippen LogP contribution in [0.3, 0.4) is 0 Å². The molecule has 2 rings (SSSR count). The number of ketones is 1. The average molecular weight is 283 g/mol. The van der Waals surface area contributed by atoms with E-state index >= 15 is 0 Å². The topological polar surface area (TPSA) is 52.6 Å². The number of Topliss-reactive ketones (excluding diaryl/α,β-unsaturated/α-hetero) is 1. The summed E-state index contributed by atoms with van der Waals surface area (Å²) >= 11 is 6.10. The van der Waals surface area contributed by atoms with Crippen LogP contribution < -0.4 is 4.74 Å². The van der Waals surface area contributed by atoms with E-state index in [1.807, 2.05) is 0 Å². The lowest BCUT2D eigenvalue weighted by molar-refractivity contribution is -0.137. The van der Waals surface area contributed by atoms with Gasteiger partial charge in [0.2, 0.25) is 0 Å². The number of hydrogen-bond acceptors (Lipinski definition) is 4. The van der Waals surface area contributed by atoms with Crippen molar-refractivity contribution in [3.63, 3.8) is 0 Å². The van der Waals surface area contributed by atoms with Gasteiger partial charge in [-0.1, -0.05) is 17.7 Å². The fourth-order valence-electron chi connectivity index (χ4n) is 1.60. The molecule has 0 spiro atoms. The summed E-state index contributed by atoms with van der Waals surface area (Å²) in [5.74, 6) is -0.628. The minimum atomic E-state index is -0.899. The first-order chi connectivity index (χ1) is 9.13. The standard InChI is InChI=1S/C14H15ClO4/c1-2-18-14(17)13(16)10-4-3-5-11(12(10)15)19-8-9-6-7-9/h3-5,9H,2,6-8H2,1H3. The Morgan fingerprint density at radius 2 is 2.11 bits per heavy atom. The van der Waals surface area contributed by atoms with Crippen LogP contribution in [-0.4, -0.2) is 25.0 Å². The van der Waals surface area contributed by atoms with Crippen molar-refractivity contribution in [3.8, 4) is 5.75 Å². The summed E-state index contributed by atoms with van der Waals surface area (Å²) in [6.45, 7) is 2.39. The molecular weight excluding hydrogens is 268 g/mol. The molecular formula is C14H15ClO4.